The number of likely N-dealkylation sites (N-methyl/N-ethyl adjacent to an activating group) is 1. The van der Waals surface area contributed by atoms with Gasteiger partial charge in [0.2, 0.25) is 0 Å². The van der Waals surface area contributed by atoms with Gasteiger partial charge in [0.15, 0.2) is 0 Å². The van der Waals surface area contributed by atoms with Crippen LogP contribution >= 0.6 is 0 Å². The predicted octanol–water partition coefficient (Wildman–Crippen LogP) is 2.00. The number of rotatable bonds is 6. The molecule has 1 unspecified atom stereocenters. The van der Waals surface area contributed by atoms with E-state index in [1.807, 2.05) is 49.3 Å². The molecule has 0 spiro atoms. The van der Waals surface area contributed by atoms with Crippen LogP contribution in [0.2, 0.25) is 0 Å². The van der Waals surface area contributed by atoms with Crippen LogP contribution in [0, 0.1) is 0 Å². The maximum atomic E-state index is 12.7. The van der Waals surface area contributed by atoms with Gasteiger partial charge in [0.25, 0.3) is 10.2 Å². The van der Waals surface area contributed by atoms with Gasteiger partial charge in [0, 0.05) is 19.6 Å². The minimum atomic E-state index is -3.44. The third-order valence-electron chi connectivity index (χ3n) is 3.95. The van der Waals surface area contributed by atoms with Gasteiger partial charge >= 0.3 is 0 Å². The topological polar surface area (TPSA) is 52.7 Å². The van der Waals surface area contributed by atoms with Gasteiger partial charge < -0.3 is 4.90 Å². The first kappa shape index (κ1) is 17.4. The molecule has 0 aliphatic carbocycles. The summed E-state index contributed by atoms with van der Waals surface area (Å²) in [7, 11) is 0.466. The second kappa shape index (κ2) is 8.06. The van der Waals surface area contributed by atoms with E-state index in [2.05, 4.69) is 4.72 Å². The lowest BCUT2D eigenvalue weighted by Crippen LogP contribution is -2.45. The van der Waals surface area contributed by atoms with Gasteiger partial charge in [-0.15, -0.1) is 0 Å². The van der Waals surface area contributed by atoms with Crippen LogP contribution in [0.1, 0.15) is 37.3 Å². The fourth-order valence-corrected chi connectivity index (χ4v) is 4.26. The highest BCUT2D eigenvalue weighted by Gasteiger charge is 2.26. The summed E-state index contributed by atoms with van der Waals surface area (Å²) in [5.74, 6) is 0. The number of hydrogen-bond acceptors (Lipinski definition) is 3. The number of benzene rings is 1. The smallest absolute Gasteiger partial charge is 0.280 e. The Balaban J connectivity index is 2.14. The number of hydrogen-bond donors (Lipinski definition) is 1. The van der Waals surface area contributed by atoms with E-state index >= 15 is 0 Å². The van der Waals surface area contributed by atoms with Crippen molar-refractivity contribution in [3.63, 3.8) is 0 Å². The van der Waals surface area contributed by atoms with Crippen LogP contribution < -0.4 is 4.72 Å². The molecule has 124 valence electrons. The molecule has 0 bridgehead atoms. The van der Waals surface area contributed by atoms with Gasteiger partial charge in [-0.05, 0) is 32.5 Å². The summed E-state index contributed by atoms with van der Waals surface area (Å²) >= 11 is 0. The minimum Gasteiger partial charge on any atom is -0.307 e. The fraction of sp³-hybridized carbons (Fsp3) is 0.625. The van der Waals surface area contributed by atoms with Crippen molar-refractivity contribution >= 4 is 10.2 Å². The molecule has 1 saturated heterocycles. The first-order valence-corrected chi connectivity index (χ1v) is 9.40. The van der Waals surface area contributed by atoms with Gasteiger partial charge in [-0.25, -0.2) is 0 Å². The van der Waals surface area contributed by atoms with Gasteiger partial charge in [-0.1, -0.05) is 43.2 Å². The van der Waals surface area contributed by atoms with E-state index in [1.165, 1.54) is 0 Å². The van der Waals surface area contributed by atoms with Crippen LogP contribution in [0.4, 0.5) is 0 Å². The second-order valence-corrected chi connectivity index (χ2v) is 7.86. The van der Waals surface area contributed by atoms with Gasteiger partial charge in [-0.3, -0.25) is 0 Å². The molecule has 1 aliphatic rings. The average molecular weight is 325 g/mol. The van der Waals surface area contributed by atoms with Crippen LogP contribution in [-0.4, -0.2) is 51.4 Å². The Bertz CT molecular complexity index is 538. The summed E-state index contributed by atoms with van der Waals surface area (Å²) in [6.45, 7) is 1.88. The molecule has 1 aliphatic heterocycles. The minimum absolute atomic E-state index is 0.232. The Morgan fingerprint density at radius 3 is 2.23 bits per heavy atom. The normalized spacial score (nSPS) is 19.0. The first-order valence-electron chi connectivity index (χ1n) is 7.96. The Morgan fingerprint density at radius 2 is 1.68 bits per heavy atom. The number of nitrogens with zero attached hydrogens (tertiary/aromatic N) is 2. The summed E-state index contributed by atoms with van der Waals surface area (Å²) in [4.78, 5) is 2.00. The molecule has 0 amide bonds. The molecule has 6 heteroatoms. The molecule has 5 nitrogen and oxygen atoms in total. The zero-order valence-corrected chi connectivity index (χ0v) is 14.3. The highest BCUT2D eigenvalue weighted by Crippen LogP contribution is 2.18. The molecule has 0 radical (unpaired) electrons. The van der Waals surface area contributed by atoms with Crippen molar-refractivity contribution in [3.8, 4) is 0 Å². The van der Waals surface area contributed by atoms with E-state index in [0.717, 1.165) is 31.2 Å². The van der Waals surface area contributed by atoms with Gasteiger partial charge in [0.05, 0.1) is 6.04 Å². The Hall–Kier alpha value is -0.950. The van der Waals surface area contributed by atoms with Crippen LogP contribution in [0.5, 0.6) is 0 Å². The van der Waals surface area contributed by atoms with E-state index in [9.17, 15) is 8.42 Å². The van der Waals surface area contributed by atoms with E-state index in [0.29, 0.717) is 19.6 Å². The zero-order valence-electron chi connectivity index (χ0n) is 13.5. The van der Waals surface area contributed by atoms with Gasteiger partial charge in [-0.2, -0.15) is 17.4 Å². The fourth-order valence-electron chi connectivity index (χ4n) is 2.80. The van der Waals surface area contributed by atoms with Crippen LogP contribution in [-0.2, 0) is 10.2 Å². The number of nitrogens with one attached hydrogen (secondary N) is 1. The van der Waals surface area contributed by atoms with Crippen molar-refractivity contribution in [2.45, 2.75) is 31.7 Å². The van der Waals surface area contributed by atoms with Crippen LogP contribution in [0.15, 0.2) is 30.3 Å². The average Bonchev–Trinajstić information content (AvgIpc) is 2.76. The molecule has 0 saturated carbocycles. The Morgan fingerprint density at radius 1 is 1.09 bits per heavy atom. The maximum Gasteiger partial charge on any atom is 0.280 e. The molecular formula is C16H27N3O2S. The SMILES string of the molecule is CN(C)CC(NS(=O)(=O)N1CCCCCC1)c1ccccc1. The molecule has 1 aromatic rings. The lowest BCUT2D eigenvalue weighted by molar-refractivity contribution is 0.351. The van der Waals surface area contributed by atoms with Crippen molar-refractivity contribution in [1.29, 1.82) is 0 Å². The zero-order chi connectivity index (χ0) is 16.0. The molecule has 2 rings (SSSR count). The lowest BCUT2D eigenvalue weighted by Gasteiger charge is -2.27. The van der Waals surface area contributed by atoms with Crippen molar-refractivity contribution in [3.05, 3.63) is 35.9 Å². The molecule has 1 N–H and O–H groups in total. The van der Waals surface area contributed by atoms with Crippen molar-refractivity contribution in [2.75, 3.05) is 33.7 Å². The Labute approximate surface area is 134 Å². The third kappa shape index (κ3) is 5.05. The molecule has 1 heterocycles. The van der Waals surface area contributed by atoms with E-state index in [-0.39, 0.29) is 6.04 Å². The summed E-state index contributed by atoms with van der Waals surface area (Å²) in [6, 6.07) is 9.54. The lowest BCUT2D eigenvalue weighted by atomic mass is 10.1. The second-order valence-electron chi connectivity index (χ2n) is 6.16. The standard InChI is InChI=1S/C16H27N3O2S/c1-18(2)14-16(15-10-6-5-7-11-15)17-22(20,21)19-12-8-3-4-9-13-19/h5-7,10-11,16-17H,3-4,8-9,12-14H2,1-2H3. The molecule has 1 aromatic carbocycles. The monoisotopic (exact) mass is 325 g/mol. The molecule has 1 fully saturated rings. The summed E-state index contributed by atoms with van der Waals surface area (Å²) in [6.07, 6.45) is 4.13. The van der Waals surface area contributed by atoms with E-state index < -0.39 is 10.2 Å². The maximum absolute atomic E-state index is 12.7. The Kier molecular flexibility index (Phi) is 6.37. The largest absolute Gasteiger partial charge is 0.307 e. The van der Waals surface area contributed by atoms with Crippen LogP contribution in [0.3, 0.4) is 0 Å². The quantitative estimate of drug-likeness (QED) is 0.870. The van der Waals surface area contributed by atoms with Crippen molar-refractivity contribution < 1.29 is 8.42 Å². The highest BCUT2D eigenvalue weighted by molar-refractivity contribution is 7.87. The van der Waals surface area contributed by atoms with Crippen molar-refractivity contribution in [1.82, 2.24) is 13.9 Å². The van der Waals surface area contributed by atoms with Crippen molar-refractivity contribution in [2.24, 2.45) is 0 Å². The first-order chi connectivity index (χ1) is 10.5. The van der Waals surface area contributed by atoms with Gasteiger partial charge in [0.1, 0.15) is 0 Å². The van der Waals surface area contributed by atoms with E-state index in [1.54, 1.807) is 4.31 Å². The summed E-state index contributed by atoms with van der Waals surface area (Å²) in [5, 5.41) is 0. The molecule has 0 aromatic heterocycles. The highest BCUT2D eigenvalue weighted by atomic mass is 32.2. The molecule has 22 heavy (non-hydrogen) atoms. The third-order valence-corrected chi connectivity index (χ3v) is 5.57. The summed E-state index contributed by atoms with van der Waals surface area (Å²) in [5.41, 5.74) is 0.995. The predicted molar refractivity (Wildman–Crippen MR) is 89.8 cm³/mol. The molecular weight excluding hydrogens is 298 g/mol. The van der Waals surface area contributed by atoms with E-state index in [4.69, 9.17) is 0 Å². The van der Waals surface area contributed by atoms with Crippen LogP contribution in [0.25, 0.3) is 0 Å². The summed E-state index contributed by atoms with van der Waals surface area (Å²) < 4.78 is 29.9. The molecule has 1 atom stereocenters.